The first kappa shape index (κ1) is 16.5. The maximum Gasteiger partial charge on any atom is 0.192 e. The molecule has 0 amide bonds. The fourth-order valence-corrected chi connectivity index (χ4v) is 4.17. The first-order chi connectivity index (χ1) is 12.2. The lowest BCUT2D eigenvalue weighted by Crippen LogP contribution is -2.24. The molecule has 0 aliphatic carbocycles. The third kappa shape index (κ3) is 3.39. The van der Waals surface area contributed by atoms with Crippen LogP contribution in [-0.4, -0.2) is 21.4 Å². The van der Waals surface area contributed by atoms with E-state index in [0.29, 0.717) is 6.61 Å². The van der Waals surface area contributed by atoms with Crippen molar-refractivity contribution in [2.45, 2.75) is 17.0 Å². The van der Waals surface area contributed by atoms with Crippen LogP contribution in [0.15, 0.2) is 58.2 Å². The van der Waals surface area contributed by atoms with E-state index in [4.69, 9.17) is 9.47 Å². The van der Waals surface area contributed by atoms with E-state index in [9.17, 15) is 0 Å². The molecule has 5 nitrogen and oxygen atoms in total. The quantitative estimate of drug-likeness (QED) is 0.589. The van der Waals surface area contributed by atoms with E-state index in [1.54, 1.807) is 11.8 Å². The lowest BCUT2D eigenvalue weighted by molar-refractivity contribution is 0.0825. The van der Waals surface area contributed by atoms with Crippen molar-refractivity contribution in [3.8, 4) is 11.5 Å². The molecule has 0 saturated heterocycles. The molecule has 0 bridgehead atoms. The summed E-state index contributed by atoms with van der Waals surface area (Å²) in [5.74, 6) is 3.09. The van der Waals surface area contributed by atoms with Gasteiger partial charge in [-0.2, -0.15) is 0 Å². The summed E-state index contributed by atoms with van der Waals surface area (Å²) in [6.07, 6.45) is -0.259. The van der Waals surface area contributed by atoms with Crippen LogP contribution >= 0.6 is 27.7 Å². The van der Waals surface area contributed by atoms with Crippen LogP contribution in [-0.2, 0) is 12.8 Å². The molecule has 0 N–H and O–H groups in total. The van der Waals surface area contributed by atoms with Gasteiger partial charge in [-0.05, 0) is 23.8 Å². The summed E-state index contributed by atoms with van der Waals surface area (Å²) in [4.78, 5) is 0. The zero-order valence-electron chi connectivity index (χ0n) is 13.6. The molecule has 1 aliphatic heterocycles. The number of aromatic nitrogens is 3. The van der Waals surface area contributed by atoms with Crippen molar-refractivity contribution in [3.63, 3.8) is 0 Å². The molecule has 1 atom stereocenters. The number of fused-ring (bicyclic) bond motifs is 1. The third-order valence-corrected chi connectivity index (χ3v) is 5.82. The molecule has 1 aromatic heterocycles. The van der Waals surface area contributed by atoms with Crippen molar-refractivity contribution in [1.82, 2.24) is 14.8 Å². The Morgan fingerprint density at radius 1 is 1.12 bits per heavy atom. The second-order valence-electron chi connectivity index (χ2n) is 5.64. The van der Waals surface area contributed by atoms with Gasteiger partial charge in [-0.1, -0.05) is 58.0 Å². The van der Waals surface area contributed by atoms with Crippen molar-refractivity contribution >= 4 is 27.7 Å². The number of rotatable bonds is 4. The number of nitrogens with zero attached hydrogens (tertiary/aromatic N) is 3. The van der Waals surface area contributed by atoms with Crippen molar-refractivity contribution in [1.29, 1.82) is 0 Å². The minimum atomic E-state index is -0.259. The average molecular weight is 418 g/mol. The molecular formula is C18H16BrN3O2S. The number of benzene rings is 2. The SMILES string of the molecule is Cn1c(SCc2ccccc2Br)nnc1C1COc2ccccc2O1. The summed E-state index contributed by atoms with van der Waals surface area (Å²) in [5.41, 5.74) is 1.23. The molecule has 7 heteroatoms. The van der Waals surface area contributed by atoms with E-state index in [0.717, 1.165) is 32.7 Å². The molecule has 128 valence electrons. The maximum absolute atomic E-state index is 6.03. The van der Waals surface area contributed by atoms with Gasteiger partial charge < -0.3 is 14.0 Å². The molecule has 0 saturated carbocycles. The fourth-order valence-electron chi connectivity index (χ4n) is 2.64. The molecule has 3 aromatic rings. The molecule has 2 heterocycles. The second kappa shape index (κ2) is 7.09. The van der Waals surface area contributed by atoms with Gasteiger partial charge in [0.05, 0.1) is 0 Å². The summed E-state index contributed by atoms with van der Waals surface area (Å²) in [7, 11) is 1.96. The van der Waals surface area contributed by atoms with Gasteiger partial charge in [0.15, 0.2) is 28.6 Å². The highest BCUT2D eigenvalue weighted by atomic mass is 79.9. The average Bonchev–Trinajstić information content (AvgIpc) is 3.01. The highest BCUT2D eigenvalue weighted by Gasteiger charge is 2.27. The molecule has 1 unspecified atom stereocenters. The van der Waals surface area contributed by atoms with Gasteiger partial charge >= 0.3 is 0 Å². The lowest BCUT2D eigenvalue weighted by atomic mass is 10.2. The Labute approximate surface area is 158 Å². The number of halogens is 1. The van der Waals surface area contributed by atoms with E-state index >= 15 is 0 Å². The van der Waals surface area contributed by atoms with Crippen LogP contribution in [0.1, 0.15) is 17.5 Å². The Morgan fingerprint density at radius 2 is 1.88 bits per heavy atom. The Hall–Kier alpha value is -1.99. The summed E-state index contributed by atoms with van der Waals surface area (Å²) in [5, 5.41) is 9.49. The van der Waals surface area contributed by atoms with Crippen molar-refractivity contribution in [2.75, 3.05) is 6.61 Å². The summed E-state index contributed by atoms with van der Waals surface area (Å²) in [6, 6.07) is 15.9. The molecule has 0 spiro atoms. The first-order valence-corrected chi connectivity index (χ1v) is 9.64. The fraction of sp³-hybridized carbons (Fsp3) is 0.222. The van der Waals surface area contributed by atoms with E-state index in [1.165, 1.54) is 5.56 Å². The molecule has 0 fully saturated rings. The Balaban J connectivity index is 1.49. The molecule has 4 rings (SSSR count). The number of hydrogen-bond acceptors (Lipinski definition) is 5. The Bertz CT molecular complexity index is 900. The van der Waals surface area contributed by atoms with Crippen molar-refractivity contribution in [2.24, 2.45) is 7.05 Å². The molecule has 1 aliphatic rings. The zero-order chi connectivity index (χ0) is 17.2. The van der Waals surface area contributed by atoms with E-state index in [-0.39, 0.29) is 6.10 Å². The highest BCUT2D eigenvalue weighted by Crippen LogP contribution is 2.36. The van der Waals surface area contributed by atoms with Crippen LogP contribution in [0, 0.1) is 0 Å². The number of thioether (sulfide) groups is 1. The minimum Gasteiger partial charge on any atom is -0.485 e. The van der Waals surface area contributed by atoms with Crippen LogP contribution in [0.4, 0.5) is 0 Å². The van der Waals surface area contributed by atoms with Gasteiger partial charge in [-0.25, -0.2) is 0 Å². The molecule has 25 heavy (non-hydrogen) atoms. The summed E-state index contributed by atoms with van der Waals surface area (Å²) >= 11 is 5.23. The number of ether oxygens (including phenoxy) is 2. The standard InChI is InChI=1S/C18H16BrN3O2S/c1-22-17(16-10-23-14-8-4-5-9-15(14)24-16)20-21-18(22)25-11-12-6-2-3-7-13(12)19/h2-9,16H,10-11H2,1H3. The molecule has 2 aromatic carbocycles. The highest BCUT2D eigenvalue weighted by molar-refractivity contribution is 9.10. The van der Waals surface area contributed by atoms with Crippen LogP contribution < -0.4 is 9.47 Å². The lowest BCUT2D eigenvalue weighted by Gasteiger charge is -2.25. The van der Waals surface area contributed by atoms with Crippen molar-refractivity contribution in [3.05, 3.63) is 64.4 Å². The Kier molecular flexibility index (Phi) is 4.67. The summed E-state index contributed by atoms with van der Waals surface area (Å²) in [6.45, 7) is 0.428. The van der Waals surface area contributed by atoms with Gasteiger partial charge in [0.1, 0.15) is 6.61 Å². The van der Waals surface area contributed by atoms with E-state index < -0.39 is 0 Å². The van der Waals surface area contributed by atoms with Gasteiger partial charge in [0, 0.05) is 17.3 Å². The van der Waals surface area contributed by atoms with Gasteiger partial charge in [-0.3, -0.25) is 0 Å². The third-order valence-electron chi connectivity index (χ3n) is 3.98. The maximum atomic E-state index is 6.03. The molecular weight excluding hydrogens is 402 g/mol. The van der Waals surface area contributed by atoms with Crippen LogP contribution in [0.2, 0.25) is 0 Å². The first-order valence-electron chi connectivity index (χ1n) is 7.86. The predicted octanol–water partition coefficient (Wildman–Crippen LogP) is 4.38. The number of hydrogen-bond donors (Lipinski definition) is 0. The van der Waals surface area contributed by atoms with Crippen molar-refractivity contribution < 1.29 is 9.47 Å². The van der Waals surface area contributed by atoms with E-state index in [2.05, 4.69) is 32.2 Å². The van der Waals surface area contributed by atoms with Crippen LogP contribution in [0.5, 0.6) is 11.5 Å². The van der Waals surface area contributed by atoms with E-state index in [1.807, 2.05) is 54.1 Å². The monoisotopic (exact) mass is 417 g/mol. The Morgan fingerprint density at radius 3 is 2.72 bits per heavy atom. The predicted molar refractivity (Wildman–Crippen MR) is 100 cm³/mol. The second-order valence-corrected chi connectivity index (χ2v) is 7.44. The topological polar surface area (TPSA) is 49.2 Å². The van der Waals surface area contributed by atoms with Gasteiger partial charge in [-0.15, -0.1) is 10.2 Å². The van der Waals surface area contributed by atoms with Crippen LogP contribution in [0.3, 0.4) is 0 Å². The van der Waals surface area contributed by atoms with Gasteiger partial charge in [0.2, 0.25) is 0 Å². The largest absolute Gasteiger partial charge is 0.485 e. The molecule has 0 radical (unpaired) electrons. The summed E-state index contributed by atoms with van der Waals surface area (Å²) < 4.78 is 14.9. The van der Waals surface area contributed by atoms with Gasteiger partial charge in [0.25, 0.3) is 0 Å². The smallest absolute Gasteiger partial charge is 0.192 e. The normalized spacial score (nSPS) is 16.0. The van der Waals surface area contributed by atoms with Crippen LogP contribution in [0.25, 0.3) is 0 Å². The number of para-hydroxylation sites is 2. The zero-order valence-corrected chi connectivity index (χ0v) is 16.0. The minimum absolute atomic E-state index is 0.259.